The van der Waals surface area contributed by atoms with Gasteiger partial charge in [-0.25, -0.2) is 0 Å². The van der Waals surface area contributed by atoms with Gasteiger partial charge in [-0.15, -0.1) is 20.5 Å². The molecule has 3 aromatic heterocycles. The first kappa shape index (κ1) is 72.7. The van der Waals surface area contributed by atoms with E-state index in [1.165, 1.54) is 50.3 Å². The fourth-order valence-electron chi connectivity index (χ4n) is 10.9. The number of carbonyl (C=O) groups excluding carboxylic acids is 4. The predicted octanol–water partition coefficient (Wildman–Crippen LogP) is 12.6. The first-order valence-electron chi connectivity index (χ1n) is 32.0. The van der Waals surface area contributed by atoms with E-state index in [1.54, 1.807) is 11.8 Å². The van der Waals surface area contributed by atoms with Crippen LogP contribution in [0.3, 0.4) is 0 Å². The van der Waals surface area contributed by atoms with Crippen molar-refractivity contribution in [2.45, 2.75) is 93.8 Å². The lowest BCUT2D eigenvalue weighted by Gasteiger charge is -2.27. The van der Waals surface area contributed by atoms with Crippen LogP contribution in [0.5, 0.6) is 0 Å². The van der Waals surface area contributed by atoms with Crippen molar-refractivity contribution >= 4 is 169 Å². The minimum Gasteiger partial charge on any atom is -0.378 e. The molecule has 0 bridgehead atoms. The van der Waals surface area contributed by atoms with Crippen molar-refractivity contribution in [2.24, 2.45) is 20.5 Å². The van der Waals surface area contributed by atoms with E-state index >= 15 is 0 Å². The third-order valence-electron chi connectivity index (χ3n) is 16.1. The predicted molar refractivity (Wildman–Crippen MR) is 385 cm³/mol. The van der Waals surface area contributed by atoms with E-state index in [9.17, 15) is 45.1 Å². The van der Waals surface area contributed by atoms with Crippen LogP contribution in [-0.2, 0) is 48.9 Å². The number of azo groups is 2. The van der Waals surface area contributed by atoms with Gasteiger partial charge in [-0.1, -0.05) is 53.7 Å². The van der Waals surface area contributed by atoms with Gasteiger partial charge in [0.15, 0.2) is 16.7 Å². The zero-order valence-electron chi connectivity index (χ0n) is 55.2. The standard InChI is InChI=1S/C65H75N17O12S5/c1-7-79(8-2)44-20-26-51(75-77-64-70-57(81-28-32-93-33-29-81)55(96-64)38-49(40(5)83)59(85)66-42-16-22-47(23-17-42)98(87,88)89)53(36-44)68-61-72-62(74-63(73-61)95-46-14-12-11-13-15-46)69-54-37-45(80(9-3)10-4)21-27-52(54)76-78-65-71-58(82-30-34-94-35-31-82)56(97-65)39-50(41(6)84)60(86)67-43-18-24-48(25-19-43)99(90,91)92/h16-27,36-39,46H,7-15,28-35H2,1-6H3,(H,66,85)(H,67,86)(H,87,88,89)(H,90,91,92)(H2,68,69,72,73,74). The SMILES string of the molecule is CCN(CC)c1ccc(N=Nc2nc(N3CCOCC3)c(C=C(C(C)=O)C(=O)Nc3ccc(S(=O)(=O)O)cc3)s2)c(Nc2nc(Nc3cc(N(CC)CC)ccc3N=Nc3nc(N4CCOCC4)c(C=C(C(C)=O)C(=O)Nc4ccc(S(=O)(=O)O)cc4)s3)nc(SC3CCCCC3)n2)c1. The Hall–Kier alpha value is -9.00. The number of benzene rings is 4. The first-order valence-corrected chi connectivity index (χ1v) is 37.4. The second kappa shape index (κ2) is 33.2. The summed E-state index contributed by atoms with van der Waals surface area (Å²) in [7, 11) is -8.98. The van der Waals surface area contributed by atoms with Gasteiger partial charge in [-0.2, -0.15) is 41.8 Å². The maximum atomic E-state index is 13.8. The van der Waals surface area contributed by atoms with E-state index in [-0.39, 0.29) is 59.7 Å². The van der Waals surface area contributed by atoms with Crippen molar-refractivity contribution in [2.75, 3.05) is 120 Å². The van der Waals surface area contributed by atoms with Crippen molar-refractivity contribution in [3.63, 3.8) is 0 Å². The number of nitrogens with one attached hydrogen (secondary N) is 4. The van der Waals surface area contributed by atoms with Crippen molar-refractivity contribution in [1.29, 1.82) is 0 Å². The van der Waals surface area contributed by atoms with E-state index in [2.05, 4.69) is 69.0 Å². The topological polar surface area (TPSA) is 370 Å². The molecule has 34 heteroatoms. The van der Waals surface area contributed by atoms with Crippen LogP contribution in [0.25, 0.3) is 12.2 Å². The molecule has 0 radical (unpaired) electrons. The molecule has 3 fully saturated rings. The molecule has 2 amide bonds. The summed E-state index contributed by atoms with van der Waals surface area (Å²) in [4.78, 5) is 87.3. The number of thioether (sulfide) groups is 1. The molecule has 0 unspecified atom stereocenters. The Kier molecular flexibility index (Phi) is 24.4. The highest BCUT2D eigenvalue weighted by Gasteiger charge is 2.27. The Labute approximate surface area is 585 Å². The maximum Gasteiger partial charge on any atom is 0.294 e. The molecule has 99 heavy (non-hydrogen) atoms. The number of nitrogens with zero attached hydrogens (tertiary/aromatic N) is 13. The minimum atomic E-state index is -4.49. The zero-order chi connectivity index (χ0) is 70.4. The van der Waals surface area contributed by atoms with Gasteiger partial charge in [-0.3, -0.25) is 28.3 Å². The number of anilines is 10. The van der Waals surface area contributed by atoms with Crippen molar-refractivity contribution in [1.82, 2.24) is 24.9 Å². The Bertz CT molecular complexity index is 4180. The summed E-state index contributed by atoms with van der Waals surface area (Å²) in [5.41, 5.74) is 3.49. The van der Waals surface area contributed by atoms with E-state index in [0.717, 1.165) is 90.4 Å². The number of hydrogen-bond acceptors (Lipinski definition) is 28. The lowest BCUT2D eigenvalue weighted by atomic mass is 10.0. The Balaban J connectivity index is 0.997. The van der Waals surface area contributed by atoms with E-state index in [0.29, 0.717) is 128 Å². The lowest BCUT2D eigenvalue weighted by molar-refractivity contribution is -0.120. The first-order chi connectivity index (χ1) is 47.5. The van der Waals surface area contributed by atoms with E-state index < -0.39 is 43.6 Å². The van der Waals surface area contributed by atoms with Crippen molar-refractivity contribution in [3.8, 4) is 0 Å². The third kappa shape index (κ3) is 19.3. The number of Topliss-reactive ketones (excluding diaryl/α,β-unsaturated/α-hetero) is 2. The monoisotopic (exact) mass is 1450 g/mol. The summed E-state index contributed by atoms with van der Waals surface area (Å²) < 4.78 is 77.0. The smallest absolute Gasteiger partial charge is 0.294 e. The Morgan fingerprint density at radius 1 is 0.566 bits per heavy atom. The van der Waals surface area contributed by atoms with Crippen LogP contribution in [0.15, 0.2) is 131 Å². The molecule has 1 saturated carbocycles. The molecule has 2 aliphatic heterocycles. The summed E-state index contributed by atoms with van der Waals surface area (Å²) in [5, 5.41) is 32.3. The Morgan fingerprint density at radius 3 is 1.32 bits per heavy atom. The number of rotatable bonds is 28. The summed E-state index contributed by atoms with van der Waals surface area (Å²) in [6.07, 6.45) is 8.15. The number of thiazole rings is 2. The number of aromatic nitrogens is 5. The van der Waals surface area contributed by atoms with Crippen LogP contribution in [0, 0.1) is 0 Å². The number of hydrogen-bond donors (Lipinski definition) is 6. The number of ketones is 2. The highest BCUT2D eigenvalue weighted by molar-refractivity contribution is 7.99. The summed E-state index contributed by atoms with van der Waals surface area (Å²) >= 11 is 3.80. The molecule has 5 heterocycles. The van der Waals surface area contributed by atoms with Crippen LogP contribution in [-0.4, -0.2) is 158 Å². The van der Waals surface area contributed by atoms with Crippen LogP contribution >= 0.6 is 34.4 Å². The van der Waals surface area contributed by atoms with Gasteiger partial charge in [0.2, 0.25) is 22.2 Å². The fourth-order valence-corrected chi connectivity index (χ4v) is 14.7. The maximum absolute atomic E-state index is 13.8. The summed E-state index contributed by atoms with van der Waals surface area (Å²) in [6.45, 7) is 17.0. The molecule has 6 N–H and O–H groups in total. The van der Waals surface area contributed by atoms with Gasteiger partial charge >= 0.3 is 0 Å². The molecule has 0 spiro atoms. The van der Waals surface area contributed by atoms with Crippen LogP contribution in [0.4, 0.5) is 79.3 Å². The second-order valence-corrected chi connectivity index (χ2v) is 28.9. The molecule has 29 nitrogen and oxygen atoms in total. The molecule has 0 atom stereocenters. The fraction of sp³-hybridized carbons (Fsp3) is 0.369. The van der Waals surface area contributed by atoms with Gasteiger partial charge in [-0.05, 0) is 151 Å². The molecule has 522 valence electrons. The number of carbonyl (C=O) groups is 4. The molecular weight excluding hydrogens is 1370 g/mol. The molecule has 7 aromatic rings. The van der Waals surface area contributed by atoms with E-state index in [4.69, 9.17) is 44.6 Å². The van der Waals surface area contributed by atoms with Gasteiger partial charge in [0, 0.05) is 80.4 Å². The number of amides is 2. The molecule has 1 aliphatic carbocycles. The second-order valence-electron chi connectivity index (χ2n) is 22.7. The number of ether oxygens (including phenoxy) is 2. The normalized spacial score (nSPS) is 15.2. The lowest BCUT2D eigenvalue weighted by Crippen LogP contribution is -2.36. The average Bonchev–Trinajstić information content (AvgIpc) is 1.81. The van der Waals surface area contributed by atoms with Gasteiger partial charge in [0.1, 0.15) is 23.0 Å². The quantitative estimate of drug-likeness (QED) is 0.00872. The largest absolute Gasteiger partial charge is 0.378 e. The average molecular weight is 1450 g/mol. The van der Waals surface area contributed by atoms with Crippen LogP contribution in [0.1, 0.15) is 83.4 Å². The van der Waals surface area contributed by atoms with Crippen molar-refractivity contribution in [3.05, 3.63) is 106 Å². The van der Waals surface area contributed by atoms with Gasteiger partial charge in [0.25, 0.3) is 32.1 Å². The van der Waals surface area contributed by atoms with E-state index in [1.807, 2.05) is 46.2 Å². The van der Waals surface area contributed by atoms with Gasteiger partial charge in [0.05, 0.1) is 68.5 Å². The molecule has 2 saturated heterocycles. The summed E-state index contributed by atoms with van der Waals surface area (Å²) in [6, 6.07) is 21.1. The third-order valence-corrected chi connectivity index (χ3v) is 20.8. The zero-order valence-corrected chi connectivity index (χ0v) is 59.3. The molecule has 4 aromatic carbocycles. The van der Waals surface area contributed by atoms with Crippen LogP contribution < -0.4 is 40.9 Å². The van der Waals surface area contributed by atoms with Crippen LogP contribution in [0.2, 0.25) is 0 Å². The minimum absolute atomic E-state index is 0.185. The Morgan fingerprint density at radius 2 is 0.960 bits per heavy atom. The summed E-state index contributed by atoms with van der Waals surface area (Å²) in [5.74, 6) is -1.32. The molecule has 3 aliphatic rings. The van der Waals surface area contributed by atoms with Crippen molar-refractivity contribution < 1.29 is 54.6 Å². The molecular formula is C65H75N17O12S5. The highest BCUT2D eigenvalue weighted by atomic mass is 32.2. The number of morpholine rings is 2. The van der Waals surface area contributed by atoms with Gasteiger partial charge < -0.3 is 50.3 Å². The highest BCUT2D eigenvalue weighted by Crippen LogP contribution is 2.42. The molecule has 10 rings (SSSR count).